The van der Waals surface area contributed by atoms with E-state index in [1.165, 1.54) is 4.90 Å². The number of hydrogen-bond donors (Lipinski definition) is 1. The van der Waals surface area contributed by atoms with Gasteiger partial charge in [0.15, 0.2) is 5.82 Å². The molecule has 1 saturated heterocycles. The lowest BCUT2D eigenvalue weighted by molar-refractivity contribution is -0.132. The Bertz CT molecular complexity index is 1440. The number of carbonyl (C=O) groups excluding carboxylic acids is 2. The molecule has 2 heterocycles. The highest BCUT2D eigenvalue weighted by molar-refractivity contribution is 6.51. The highest BCUT2D eigenvalue weighted by Gasteiger charge is 2.48. The predicted molar refractivity (Wildman–Crippen MR) is 130 cm³/mol. The van der Waals surface area contributed by atoms with Crippen molar-refractivity contribution in [2.45, 2.75) is 13.0 Å². The number of aliphatic hydroxyl groups excluding tert-OH is 1. The highest BCUT2D eigenvalue weighted by atomic mass is 35.5. The zero-order chi connectivity index (χ0) is 24.5. The number of aromatic nitrogens is 1. The molecule has 0 spiro atoms. The molecule has 5 rings (SSSR count). The third-order valence-corrected chi connectivity index (χ3v) is 5.83. The van der Waals surface area contributed by atoms with Crippen LogP contribution in [0, 0.1) is 6.92 Å². The molecule has 1 unspecified atom stereocenters. The second-order valence-corrected chi connectivity index (χ2v) is 8.40. The minimum absolute atomic E-state index is 0.0742. The summed E-state index contributed by atoms with van der Waals surface area (Å²) in [5, 5.41) is 15.6. The standard InChI is InChI=1S/C27H19ClN2O5/c1-16-14-22(29-35-16)30-24(18-6-5-9-21(15-18)34-20-7-3-2-4-8-20)23(26(32)27(30)33)25(31)17-10-12-19(28)13-11-17/h2-15,24,31H,1H3/b25-23+. The fourth-order valence-electron chi connectivity index (χ4n) is 3.99. The Kier molecular flexibility index (Phi) is 5.84. The Morgan fingerprint density at radius 3 is 2.37 bits per heavy atom. The molecule has 1 aliphatic heterocycles. The maximum atomic E-state index is 13.2. The quantitative estimate of drug-likeness (QED) is 0.209. The molecular weight excluding hydrogens is 468 g/mol. The molecule has 3 aromatic carbocycles. The number of para-hydroxylation sites is 1. The van der Waals surface area contributed by atoms with E-state index in [1.54, 1.807) is 61.5 Å². The maximum absolute atomic E-state index is 13.2. The number of carbonyl (C=O) groups is 2. The van der Waals surface area contributed by atoms with E-state index in [0.29, 0.717) is 33.4 Å². The summed E-state index contributed by atoms with van der Waals surface area (Å²) in [5.41, 5.74) is 0.828. The molecule has 1 aliphatic rings. The van der Waals surface area contributed by atoms with Crippen LogP contribution < -0.4 is 9.64 Å². The number of nitrogens with zero attached hydrogens (tertiary/aromatic N) is 2. The first-order chi connectivity index (χ1) is 16.9. The van der Waals surface area contributed by atoms with Gasteiger partial charge in [0.1, 0.15) is 23.0 Å². The van der Waals surface area contributed by atoms with Gasteiger partial charge in [-0.05, 0) is 61.0 Å². The van der Waals surface area contributed by atoms with Gasteiger partial charge < -0.3 is 14.4 Å². The van der Waals surface area contributed by atoms with Crippen molar-refractivity contribution >= 4 is 34.9 Å². The zero-order valence-electron chi connectivity index (χ0n) is 18.5. The first-order valence-electron chi connectivity index (χ1n) is 10.8. The van der Waals surface area contributed by atoms with Crippen LogP contribution >= 0.6 is 11.6 Å². The fraction of sp³-hybridized carbons (Fsp3) is 0.0741. The summed E-state index contributed by atoms with van der Waals surface area (Å²) < 4.78 is 11.1. The van der Waals surface area contributed by atoms with Gasteiger partial charge in [-0.3, -0.25) is 14.5 Å². The summed E-state index contributed by atoms with van der Waals surface area (Å²) in [4.78, 5) is 27.6. The Hall–Kier alpha value is -4.36. The van der Waals surface area contributed by atoms with Crippen LogP contribution in [0.5, 0.6) is 11.5 Å². The molecule has 0 saturated carbocycles. The number of halogens is 1. The molecule has 1 amide bonds. The van der Waals surface area contributed by atoms with Gasteiger partial charge in [0, 0.05) is 16.7 Å². The van der Waals surface area contributed by atoms with Gasteiger partial charge in [-0.15, -0.1) is 0 Å². The van der Waals surface area contributed by atoms with E-state index in [9.17, 15) is 14.7 Å². The van der Waals surface area contributed by atoms with Crippen LogP contribution in [0.25, 0.3) is 5.76 Å². The molecule has 1 N–H and O–H groups in total. The van der Waals surface area contributed by atoms with E-state index in [1.807, 2.05) is 30.3 Å². The van der Waals surface area contributed by atoms with Crippen LogP contribution in [0.4, 0.5) is 5.82 Å². The normalized spacial score (nSPS) is 17.1. The summed E-state index contributed by atoms with van der Waals surface area (Å²) >= 11 is 5.98. The van der Waals surface area contributed by atoms with Crippen LogP contribution in [0.3, 0.4) is 0 Å². The molecular formula is C27H19ClN2O5. The predicted octanol–water partition coefficient (Wildman–Crippen LogP) is 6.06. The number of Topliss-reactive ketones (excluding diaryl/α,β-unsaturated/α-hetero) is 1. The number of ketones is 1. The van der Waals surface area contributed by atoms with Gasteiger partial charge >= 0.3 is 5.91 Å². The first-order valence-corrected chi connectivity index (χ1v) is 11.1. The third-order valence-electron chi connectivity index (χ3n) is 5.58. The lowest BCUT2D eigenvalue weighted by Gasteiger charge is -2.23. The Labute approximate surface area is 205 Å². The molecule has 4 aromatic rings. The number of aliphatic hydroxyl groups is 1. The number of amides is 1. The monoisotopic (exact) mass is 486 g/mol. The minimum Gasteiger partial charge on any atom is -0.507 e. The van der Waals surface area contributed by atoms with Crippen LogP contribution in [-0.2, 0) is 9.59 Å². The summed E-state index contributed by atoms with van der Waals surface area (Å²) in [7, 11) is 0. The van der Waals surface area contributed by atoms with E-state index in [-0.39, 0.29) is 17.2 Å². The summed E-state index contributed by atoms with van der Waals surface area (Å²) in [5.74, 6) is -0.208. The topological polar surface area (TPSA) is 92.9 Å². The summed E-state index contributed by atoms with van der Waals surface area (Å²) in [6.45, 7) is 1.68. The van der Waals surface area contributed by atoms with Crippen molar-refractivity contribution in [2.75, 3.05) is 4.90 Å². The van der Waals surface area contributed by atoms with E-state index < -0.39 is 17.7 Å². The van der Waals surface area contributed by atoms with Crippen molar-refractivity contribution in [3.8, 4) is 11.5 Å². The molecule has 0 radical (unpaired) electrons. The summed E-state index contributed by atoms with van der Waals surface area (Å²) in [6, 6.07) is 23.2. The van der Waals surface area contributed by atoms with E-state index >= 15 is 0 Å². The van der Waals surface area contributed by atoms with Crippen molar-refractivity contribution < 1.29 is 24.0 Å². The van der Waals surface area contributed by atoms with Crippen molar-refractivity contribution in [1.29, 1.82) is 0 Å². The Morgan fingerprint density at radius 2 is 1.69 bits per heavy atom. The third kappa shape index (κ3) is 4.29. The van der Waals surface area contributed by atoms with Crippen LogP contribution in [0.15, 0.2) is 95.0 Å². The van der Waals surface area contributed by atoms with Crippen molar-refractivity contribution in [2.24, 2.45) is 0 Å². The molecule has 0 bridgehead atoms. The average molecular weight is 487 g/mol. The van der Waals surface area contributed by atoms with Gasteiger partial charge in [0.2, 0.25) is 0 Å². The number of rotatable bonds is 5. The van der Waals surface area contributed by atoms with Gasteiger partial charge in [0.05, 0.1) is 11.6 Å². The van der Waals surface area contributed by atoms with Crippen LogP contribution in [0.1, 0.15) is 22.9 Å². The molecule has 1 atom stereocenters. The van der Waals surface area contributed by atoms with E-state index in [4.69, 9.17) is 20.9 Å². The lowest BCUT2D eigenvalue weighted by atomic mass is 9.95. The minimum atomic E-state index is -0.963. The van der Waals surface area contributed by atoms with Crippen LogP contribution in [-0.4, -0.2) is 22.0 Å². The number of anilines is 1. The largest absolute Gasteiger partial charge is 0.507 e. The zero-order valence-corrected chi connectivity index (χ0v) is 19.3. The second kappa shape index (κ2) is 9.12. The average Bonchev–Trinajstić information content (AvgIpc) is 3.40. The van der Waals surface area contributed by atoms with Gasteiger partial charge in [-0.2, -0.15) is 0 Å². The van der Waals surface area contributed by atoms with Crippen LogP contribution in [0.2, 0.25) is 5.02 Å². The summed E-state index contributed by atoms with van der Waals surface area (Å²) in [6.07, 6.45) is 0. The maximum Gasteiger partial charge on any atom is 0.301 e. The number of ether oxygens (including phenoxy) is 1. The molecule has 1 aromatic heterocycles. The first kappa shape index (κ1) is 22.4. The second-order valence-electron chi connectivity index (χ2n) is 7.96. The number of hydrogen-bond acceptors (Lipinski definition) is 6. The van der Waals surface area contributed by atoms with Crippen molar-refractivity contribution in [3.63, 3.8) is 0 Å². The van der Waals surface area contributed by atoms with Gasteiger partial charge in [-0.1, -0.05) is 47.1 Å². The Balaban J connectivity index is 1.65. The van der Waals surface area contributed by atoms with Crippen molar-refractivity contribution in [3.05, 3.63) is 112 Å². The smallest absolute Gasteiger partial charge is 0.301 e. The number of aryl methyl sites for hydroxylation is 1. The fourth-order valence-corrected chi connectivity index (χ4v) is 4.11. The molecule has 35 heavy (non-hydrogen) atoms. The van der Waals surface area contributed by atoms with Crippen molar-refractivity contribution in [1.82, 2.24) is 5.16 Å². The molecule has 174 valence electrons. The van der Waals surface area contributed by atoms with E-state index in [0.717, 1.165) is 0 Å². The molecule has 7 nitrogen and oxygen atoms in total. The highest BCUT2D eigenvalue weighted by Crippen LogP contribution is 2.43. The molecule has 0 aliphatic carbocycles. The van der Waals surface area contributed by atoms with E-state index in [2.05, 4.69) is 5.16 Å². The van der Waals surface area contributed by atoms with Gasteiger partial charge in [-0.25, -0.2) is 0 Å². The SMILES string of the molecule is Cc1cc(N2C(=O)C(=O)/C(=C(/O)c3ccc(Cl)cc3)C2c2cccc(Oc3ccccc3)c2)no1. The lowest BCUT2D eigenvalue weighted by Crippen LogP contribution is -2.29. The van der Waals surface area contributed by atoms with Gasteiger partial charge in [0.25, 0.3) is 5.78 Å². The molecule has 1 fully saturated rings. The number of benzene rings is 3. The molecule has 8 heteroatoms. The Morgan fingerprint density at radius 1 is 0.971 bits per heavy atom.